The molecule has 0 spiro atoms. The molecular formula is C11H13N5O. The standard InChI is InChI=1S/C11H13N5O/c1-3-9-8(6-7(2)14-15-9)11(17)13-10-4-5-12-16-10/h4-6H,3H2,1-2H3,(H2,12,13,16,17). The molecule has 17 heavy (non-hydrogen) atoms. The molecule has 88 valence electrons. The molecule has 2 N–H and O–H groups in total. The Kier molecular flexibility index (Phi) is 3.13. The molecule has 1 amide bonds. The molecule has 0 aliphatic heterocycles. The van der Waals surface area contributed by atoms with Gasteiger partial charge in [0, 0.05) is 6.07 Å². The number of carbonyl (C=O) groups excluding carboxylic acids is 1. The zero-order chi connectivity index (χ0) is 12.3. The summed E-state index contributed by atoms with van der Waals surface area (Å²) in [6, 6.07) is 3.42. The molecule has 0 aliphatic rings. The summed E-state index contributed by atoms with van der Waals surface area (Å²) in [5.74, 6) is 0.357. The van der Waals surface area contributed by atoms with E-state index in [9.17, 15) is 4.79 Å². The molecule has 2 aromatic heterocycles. The van der Waals surface area contributed by atoms with Crippen molar-refractivity contribution in [1.29, 1.82) is 0 Å². The van der Waals surface area contributed by atoms with Gasteiger partial charge in [0.2, 0.25) is 0 Å². The van der Waals surface area contributed by atoms with Gasteiger partial charge in [-0.3, -0.25) is 9.89 Å². The highest BCUT2D eigenvalue weighted by molar-refractivity contribution is 6.04. The van der Waals surface area contributed by atoms with Crippen molar-refractivity contribution in [2.75, 3.05) is 5.32 Å². The number of aromatic nitrogens is 4. The first-order valence-electron chi connectivity index (χ1n) is 5.34. The van der Waals surface area contributed by atoms with Gasteiger partial charge in [0.1, 0.15) is 5.82 Å². The second-order valence-corrected chi connectivity index (χ2v) is 3.62. The van der Waals surface area contributed by atoms with Gasteiger partial charge >= 0.3 is 0 Å². The lowest BCUT2D eigenvalue weighted by Crippen LogP contribution is -2.16. The normalized spacial score (nSPS) is 10.2. The van der Waals surface area contributed by atoms with Crippen molar-refractivity contribution >= 4 is 11.7 Å². The van der Waals surface area contributed by atoms with E-state index in [2.05, 4.69) is 25.7 Å². The van der Waals surface area contributed by atoms with Crippen LogP contribution in [0.4, 0.5) is 5.82 Å². The van der Waals surface area contributed by atoms with Crippen LogP contribution in [0.2, 0.25) is 0 Å². The Labute approximate surface area is 98.5 Å². The fourth-order valence-electron chi connectivity index (χ4n) is 1.49. The van der Waals surface area contributed by atoms with Crippen LogP contribution in [0, 0.1) is 6.92 Å². The summed E-state index contributed by atoms with van der Waals surface area (Å²) >= 11 is 0. The molecule has 0 saturated carbocycles. The lowest BCUT2D eigenvalue weighted by atomic mass is 10.1. The molecule has 0 fully saturated rings. The van der Waals surface area contributed by atoms with Crippen molar-refractivity contribution in [2.45, 2.75) is 20.3 Å². The van der Waals surface area contributed by atoms with Gasteiger partial charge in [0.25, 0.3) is 5.91 Å². The van der Waals surface area contributed by atoms with Crippen LogP contribution in [0.5, 0.6) is 0 Å². The van der Waals surface area contributed by atoms with E-state index in [1.807, 2.05) is 6.92 Å². The highest BCUT2D eigenvalue weighted by Gasteiger charge is 2.13. The molecule has 2 aromatic rings. The highest BCUT2D eigenvalue weighted by Crippen LogP contribution is 2.10. The fourth-order valence-corrected chi connectivity index (χ4v) is 1.49. The first kappa shape index (κ1) is 11.3. The molecule has 0 aromatic carbocycles. The minimum atomic E-state index is -0.205. The maximum atomic E-state index is 12.0. The second kappa shape index (κ2) is 4.73. The molecule has 0 radical (unpaired) electrons. The lowest BCUT2D eigenvalue weighted by Gasteiger charge is -2.06. The molecule has 0 aliphatic carbocycles. The van der Waals surface area contributed by atoms with Crippen molar-refractivity contribution in [2.24, 2.45) is 0 Å². The van der Waals surface area contributed by atoms with E-state index in [1.54, 1.807) is 25.3 Å². The third kappa shape index (κ3) is 2.47. The number of H-pyrrole nitrogens is 1. The van der Waals surface area contributed by atoms with Crippen LogP contribution in [0.1, 0.15) is 28.7 Å². The van der Waals surface area contributed by atoms with Crippen molar-refractivity contribution < 1.29 is 4.79 Å². The maximum absolute atomic E-state index is 12.0. The van der Waals surface area contributed by atoms with E-state index in [0.29, 0.717) is 23.5 Å². The Morgan fingerprint density at radius 1 is 1.47 bits per heavy atom. The summed E-state index contributed by atoms with van der Waals surface area (Å²) in [5.41, 5.74) is 1.96. The first-order chi connectivity index (χ1) is 8.20. The number of anilines is 1. The summed E-state index contributed by atoms with van der Waals surface area (Å²) in [6.45, 7) is 3.74. The van der Waals surface area contributed by atoms with Crippen LogP contribution in [0.15, 0.2) is 18.3 Å². The Bertz CT molecular complexity index is 521. The van der Waals surface area contributed by atoms with E-state index in [1.165, 1.54) is 0 Å². The van der Waals surface area contributed by atoms with Crippen molar-refractivity contribution in [3.63, 3.8) is 0 Å². The number of nitrogens with one attached hydrogen (secondary N) is 2. The lowest BCUT2D eigenvalue weighted by molar-refractivity contribution is 0.102. The number of hydrogen-bond donors (Lipinski definition) is 2. The SMILES string of the molecule is CCc1nnc(C)cc1C(=O)Nc1ccn[nH]1. The first-order valence-corrected chi connectivity index (χ1v) is 5.34. The van der Waals surface area contributed by atoms with Gasteiger partial charge in [0.15, 0.2) is 0 Å². The topological polar surface area (TPSA) is 83.6 Å². The number of hydrogen-bond acceptors (Lipinski definition) is 4. The predicted molar refractivity (Wildman–Crippen MR) is 62.7 cm³/mol. The van der Waals surface area contributed by atoms with E-state index < -0.39 is 0 Å². The third-order valence-corrected chi connectivity index (χ3v) is 2.32. The van der Waals surface area contributed by atoms with Crippen molar-refractivity contribution in [3.8, 4) is 0 Å². The van der Waals surface area contributed by atoms with E-state index >= 15 is 0 Å². The molecule has 0 bridgehead atoms. The van der Waals surface area contributed by atoms with Crippen LogP contribution in [0.3, 0.4) is 0 Å². The summed E-state index contributed by atoms with van der Waals surface area (Å²) in [7, 11) is 0. The smallest absolute Gasteiger partial charge is 0.258 e. The van der Waals surface area contributed by atoms with Crippen LogP contribution in [-0.4, -0.2) is 26.3 Å². The van der Waals surface area contributed by atoms with Gasteiger partial charge in [-0.25, -0.2) is 0 Å². The molecule has 0 unspecified atom stereocenters. The Morgan fingerprint density at radius 3 is 2.94 bits per heavy atom. The Balaban J connectivity index is 2.26. The number of amides is 1. The molecule has 0 atom stereocenters. The van der Waals surface area contributed by atoms with Gasteiger partial charge in [-0.2, -0.15) is 15.3 Å². The van der Waals surface area contributed by atoms with E-state index in [4.69, 9.17) is 0 Å². The van der Waals surface area contributed by atoms with Gasteiger partial charge in [-0.1, -0.05) is 6.92 Å². The fraction of sp³-hybridized carbons (Fsp3) is 0.273. The molecule has 2 rings (SSSR count). The zero-order valence-corrected chi connectivity index (χ0v) is 9.69. The molecular weight excluding hydrogens is 218 g/mol. The second-order valence-electron chi connectivity index (χ2n) is 3.62. The average molecular weight is 231 g/mol. The summed E-state index contributed by atoms with van der Waals surface area (Å²) in [6.07, 6.45) is 2.24. The van der Waals surface area contributed by atoms with Crippen LogP contribution < -0.4 is 5.32 Å². The van der Waals surface area contributed by atoms with Crippen LogP contribution >= 0.6 is 0 Å². The highest BCUT2D eigenvalue weighted by atomic mass is 16.1. The number of aromatic amines is 1. The van der Waals surface area contributed by atoms with E-state index in [-0.39, 0.29) is 5.91 Å². The zero-order valence-electron chi connectivity index (χ0n) is 9.69. The Morgan fingerprint density at radius 2 is 2.29 bits per heavy atom. The van der Waals surface area contributed by atoms with Crippen molar-refractivity contribution in [1.82, 2.24) is 20.4 Å². The van der Waals surface area contributed by atoms with Crippen LogP contribution in [0.25, 0.3) is 0 Å². The molecule has 2 heterocycles. The third-order valence-electron chi connectivity index (χ3n) is 2.32. The largest absolute Gasteiger partial charge is 0.307 e. The summed E-state index contributed by atoms with van der Waals surface area (Å²) in [4.78, 5) is 12.0. The van der Waals surface area contributed by atoms with Crippen molar-refractivity contribution in [3.05, 3.63) is 35.3 Å². The molecule has 0 saturated heterocycles. The van der Waals surface area contributed by atoms with Gasteiger partial charge in [-0.05, 0) is 19.4 Å². The molecule has 6 nitrogen and oxygen atoms in total. The monoisotopic (exact) mass is 231 g/mol. The number of rotatable bonds is 3. The summed E-state index contributed by atoms with van der Waals surface area (Å²) < 4.78 is 0. The quantitative estimate of drug-likeness (QED) is 0.834. The summed E-state index contributed by atoms with van der Waals surface area (Å²) in [5, 5.41) is 17.1. The number of nitrogens with zero attached hydrogens (tertiary/aromatic N) is 3. The predicted octanol–water partition coefficient (Wildman–Crippen LogP) is 1.32. The van der Waals surface area contributed by atoms with Gasteiger partial charge < -0.3 is 5.32 Å². The Hall–Kier alpha value is -2.24. The minimum Gasteiger partial charge on any atom is -0.307 e. The number of carbonyl (C=O) groups is 1. The number of aryl methyl sites for hydroxylation is 2. The van der Waals surface area contributed by atoms with E-state index in [0.717, 1.165) is 5.69 Å². The minimum absolute atomic E-state index is 0.205. The average Bonchev–Trinajstić information content (AvgIpc) is 2.81. The van der Waals surface area contributed by atoms with Gasteiger partial charge in [-0.15, -0.1) is 0 Å². The van der Waals surface area contributed by atoms with Gasteiger partial charge in [0.05, 0.1) is 23.1 Å². The van der Waals surface area contributed by atoms with Crippen LogP contribution in [-0.2, 0) is 6.42 Å². The maximum Gasteiger partial charge on any atom is 0.258 e. The molecule has 6 heteroatoms.